The van der Waals surface area contributed by atoms with Gasteiger partial charge < -0.3 is 39.6 Å². The molecule has 33 heavy (non-hydrogen) atoms. The van der Waals surface area contributed by atoms with Crippen molar-refractivity contribution < 1.29 is 65.4 Å². The summed E-state index contributed by atoms with van der Waals surface area (Å²) in [6.07, 6.45) is -4.20. The van der Waals surface area contributed by atoms with Crippen molar-refractivity contribution >= 4 is 29.4 Å². The highest BCUT2D eigenvalue weighted by atomic mass is 31.3. The van der Waals surface area contributed by atoms with Gasteiger partial charge in [-0.3, -0.25) is 9.32 Å². The summed E-state index contributed by atoms with van der Waals surface area (Å²) in [4.78, 5) is 50.5. The van der Waals surface area contributed by atoms with Crippen LogP contribution in [0.25, 0.3) is 10.4 Å². The molecule has 0 saturated carbocycles. The van der Waals surface area contributed by atoms with Crippen LogP contribution in [0.15, 0.2) is 29.8 Å². The smallest absolute Gasteiger partial charge is 0.387 e. The number of aliphatic hydroxyl groups excluding tert-OH is 1. The highest BCUT2D eigenvalue weighted by molar-refractivity contribution is 7.66. The zero-order valence-electron chi connectivity index (χ0n) is 16.0. The van der Waals surface area contributed by atoms with Crippen molar-refractivity contribution in [3.63, 3.8) is 0 Å². The quantitative estimate of drug-likeness (QED) is 0.0912. The lowest BCUT2D eigenvalue weighted by molar-refractivity contribution is -0.130. The van der Waals surface area contributed by atoms with Crippen LogP contribution >= 0.6 is 23.5 Å². The maximum atomic E-state index is 14.9. The minimum Gasteiger partial charge on any atom is -0.387 e. The van der Waals surface area contributed by atoms with E-state index in [-0.39, 0.29) is 5.82 Å². The number of carbonyl (C=O) groups excluding carboxylic acids is 1. The molecule has 2 aliphatic heterocycles. The summed E-state index contributed by atoms with van der Waals surface area (Å²) >= 11 is 0. The van der Waals surface area contributed by atoms with Gasteiger partial charge in [-0.25, -0.2) is 18.1 Å². The lowest BCUT2D eigenvalue weighted by Crippen LogP contribution is -2.48. The van der Waals surface area contributed by atoms with Crippen LogP contribution in [-0.2, 0) is 36.4 Å². The van der Waals surface area contributed by atoms with E-state index >= 15 is 0 Å². The van der Waals surface area contributed by atoms with Crippen molar-refractivity contribution in [1.82, 2.24) is 10.2 Å². The normalized spacial score (nSPS) is 31.5. The Balaban J connectivity index is 2.25. The number of rotatable bonds is 10. The number of aliphatic hydroxyl groups is 1. The van der Waals surface area contributed by atoms with Gasteiger partial charge in [0.05, 0.1) is 13.2 Å². The molecule has 6 N–H and O–H groups in total. The van der Waals surface area contributed by atoms with Gasteiger partial charge >= 0.3 is 23.5 Å². The van der Waals surface area contributed by atoms with E-state index in [0.717, 1.165) is 17.2 Å². The van der Waals surface area contributed by atoms with E-state index in [1.807, 2.05) is 0 Å². The Kier molecular flexibility index (Phi) is 8.27. The van der Waals surface area contributed by atoms with Crippen LogP contribution < -0.4 is 5.32 Å². The molecule has 2 rings (SSSR count). The molecule has 0 bridgehead atoms. The number of nitrogens with zero attached hydrogens (tertiary/aromatic N) is 4. The summed E-state index contributed by atoms with van der Waals surface area (Å²) in [5.41, 5.74) is 6.20. The van der Waals surface area contributed by atoms with Crippen LogP contribution in [0, 0.1) is 0 Å². The number of ether oxygens (including phenoxy) is 1. The van der Waals surface area contributed by atoms with Crippen LogP contribution in [0.5, 0.6) is 0 Å². The zero-order chi connectivity index (χ0) is 25.2. The van der Waals surface area contributed by atoms with E-state index in [4.69, 9.17) is 20.1 Å². The number of carbonyl (C=O) groups is 1. The van der Waals surface area contributed by atoms with Crippen molar-refractivity contribution in [3.05, 3.63) is 35.1 Å². The predicted octanol–water partition coefficient (Wildman–Crippen LogP) is -0.149. The van der Waals surface area contributed by atoms with E-state index in [1.165, 1.54) is 0 Å². The third-order valence-corrected chi connectivity index (χ3v) is 7.78. The summed E-state index contributed by atoms with van der Waals surface area (Å²) in [6.45, 7) is 1.28. The molecule has 0 aromatic carbocycles. The van der Waals surface area contributed by atoms with Crippen LogP contribution in [-0.4, -0.2) is 72.7 Å². The third kappa shape index (κ3) is 7.15. The number of azide groups is 1. The molecule has 0 aromatic heterocycles. The van der Waals surface area contributed by atoms with Gasteiger partial charge in [0.15, 0.2) is 12.4 Å². The zero-order valence-corrected chi connectivity index (χ0v) is 18.7. The molecule has 186 valence electrons. The molecule has 22 heteroatoms. The first-order valence-electron chi connectivity index (χ1n) is 8.26. The maximum absolute atomic E-state index is 14.9. The lowest BCUT2D eigenvalue weighted by atomic mass is 9.97. The molecule has 2 heterocycles. The highest BCUT2D eigenvalue weighted by Gasteiger charge is 2.58. The average molecular weight is 539 g/mol. The van der Waals surface area contributed by atoms with Gasteiger partial charge in [0.2, 0.25) is 0 Å². The second-order valence-corrected chi connectivity index (χ2v) is 10.8. The Hall–Kier alpha value is -1.68. The van der Waals surface area contributed by atoms with Gasteiger partial charge in [0.25, 0.3) is 5.91 Å². The molecule has 6 atom stereocenters. The van der Waals surface area contributed by atoms with E-state index < -0.39 is 66.6 Å². The molecular formula is C11H17FN5O13P3. The van der Waals surface area contributed by atoms with Gasteiger partial charge in [0, 0.05) is 17.2 Å². The van der Waals surface area contributed by atoms with E-state index in [1.54, 1.807) is 0 Å². The van der Waals surface area contributed by atoms with Crippen LogP contribution in [0.3, 0.4) is 0 Å². The highest BCUT2D eigenvalue weighted by Crippen LogP contribution is 2.66. The number of hydrogen-bond acceptors (Lipinski definition) is 11. The number of phosphoric ester groups is 1. The second-order valence-electron chi connectivity index (χ2n) is 6.37. The topological polar surface area (TPSA) is 270 Å². The maximum Gasteiger partial charge on any atom is 0.490 e. The largest absolute Gasteiger partial charge is 0.490 e. The van der Waals surface area contributed by atoms with Crippen molar-refractivity contribution in [2.45, 2.75) is 24.1 Å². The fraction of sp³-hybridized carbons (Fsp3) is 0.545. The molecule has 0 spiro atoms. The van der Waals surface area contributed by atoms with E-state index in [9.17, 15) is 37.8 Å². The number of halogens is 1. The number of nitrogens with one attached hydrogen (secondary N) is 1. The van der Waals surface area contributed by atoms with Crippen molar-refractivity contribution in [2.24, 2.45) is 5.11 Å². The Bertz CT molecular complexity index is 1030. The molecule has 1 amide bonds. The molecule has 18 nitrogen and oxygen atoms in total. The average Bonchev–Trinajstić information content (AvgIpc) is 2.88. The Morgan fingerprint density at radius 1 is 1.30 bits per heavy atom. The standard InChI is InChI=1S/C11H17FN5O13P3/c1-6-15-7(18)2-3-17(6)10-8(12)9(19)11(28-10,4-14-16-13)5-27-32(23,24)30-33(25,26)29-31(20,21)22/h2-3,8-10,19H,1,4-5H2,(H,15,18)(H,23,24)(H,25,26)(H2,20,21,22)/t8-,9-,10+,11+/m0/s1. The minimum absolute atomic E-state index is 0.171. The Morgan fingerprint density at radius 2 is 1.94 bits per heavy atom. The molecule has 0 aromatic rings. The van der Waals surface area contributed by atoms with Crippen molar-refractivity contribution in [2.75, 3.05) is 13.2 Å². The number of amides is 1. The molecule has 1 fully saturated rings. The first-order valence-corrected chi connectivity index (χ1v) is 12.8. The Morgan fingerprint density at radius 3 is 2.48 bits per heavy atom. The molecule has 2 aliphatic rings. The van der Waals surface area contributed by atoms with Crippen molar-refractivity contribution in [3.8, 4) is 0 Å². The minimum atomic E-state index is -5.85. The molecule has 1 saturated heterocycles. The first kappa shape index (κ1) is 27.6. The summed E-state index contributed by atoms with van der Waals surface area (Å²) in [7, 11) is -17.2. The van der Waals surface area contributed by atoms with E-state index in [0.29, 0.717) is 0 Å². The van der Waals surface area contributed by atoms with Crippen LogP contribution in [0.4, 0.5) is 4.39 Å². The molecule has 0 aliphatic carbocycles. The Labute approximate surface area is 183 Å². The van der Waals surface area contributed by atoms with Crippen LogP contribution in [0.1, 0.15) is 0 Å². The van der Waals surface area contributed by atoms with Gasteiger partial charge in [-0.1, -0.05) is 11.7 Å². The molecule has 2 unspecified atom stereocenters. The van der Waals surface area contributed by atoms with Crippen LogP contribution in [0.2, 0.25) is 0 Å². The number of alkyl halides is 1. The van der Waals surface area contributed by atoms with Gasteiger partial charge in [-0.15, -0.1) is 0 Å². The summed E-state index contributed by atoms with van der Waals surface area (Å²) in [5.74, 6) is -0.770. The monoisotopic (exact) mass is 539 g/mol. The fourth-order valence-electron chi connectivity index (χ4n) is 2.70. The third-order valence-electron chi connectivity index (χ3n) is 4.00. The number of phosphoric acid groups is 3. The number of hydrogen-bond donors (Lipinski definition) is 6. The second kappa shape index (κ2) is 9.90. The van der Waals surface area contributed by atoms with E-state index in [2.05, 4.69) is 35.1 Å². The first-order chi connectivity index (χ1) is 15.0. The predicted molar refractivity (Wildman–Crippen MR) is 101 cm³/mol. The fourth-order valence-corrected chi connectivity index (χ4v) is 5.77. The summed E-state index contributed by atoms with van der Waals surface area (Å²) < 4.78 is 65.9. The SMILES string of the molecule is C=C1NC(=O)C=CN1[C@@H]1O[C@](CN=[N+]=[N-])(COP(=O)(O)OP(=O)(O)OP(=O)(O)O)[C@@H](O)[C@@H]1F. The lowest BCUT2D eigenvalue weighted by Gasteiger charge is -2.34. The van der Waals surface area contributed by atoms with Gasteiger partial charge in [-0.05, 0) is 5.53 Å². The molecule has 0 radical (unpaired) electrons. The van der Waals surface area contributed by atoms with Gasteiger partial charge in [-0.2, -0.15) is 8.62 Å². The van der Waals surface area contributed by atoms with Crippen molar-refractivity contribution in [1.29, 1.82) is 0 Å². The summed E-state index contributed by atoms with van der Waals surface area (Å²) in [5, 5.41) is 15.7. The van der Waals surface area contributed by atoms with Gasteiger partial charge in [0.1, 0.15) is 17.5 Å². The molecular weight excluding hydrogens is 522 g/mol. The summed E-state index contributed by atoms with van der Waals surface area (Å²) in [6, 6.07) is 0.